The largest absolute Gasteiger partial charge is 0.508 e. The maximum Gasteiger partial charge on any atom is 0.338 e. The van der Waals surface area contributed by atoms with Crippen molar-refractivity contribution in [3.8, 4) is 23.0 Å². The van der Waals surface area contributed by atoms with Crippen molar-refractivity contribution in [2.24, 2.45) is 0 Å². The van der Waals surface area contributed by atoms with Crippen molar-refractivity contribution >= 4 is 5.97 Å². The van der Waals surface area contributed by atoms with Gasteiger partial charge in [0.15, 0.2) is 0 Å². The summed E-state index contributed by atoms with van der Waals surface area (Å²) in [7, 11) is 0. The molecule has 5 nitrogen and oxygen atoms in total. The molecule has 0 aliphatic carbocycles. The number of phenolic OH excluding ortho intramolecular Hbond substituents is 1. The van der Waals surface area contributed by atoms with Crippen LogP contribution in [0, 0.1) is 0 Å². The van der Waals surface area contributed by atoms with Crippen molar-refractivity contribution in [3.05, 3.63) is 82.9 Å². The van der Waals surface area contributed by atoms with Gasteiger partial charge in [0.05, 0.1) is 18.8 Å². The summed E-state index contributed by atoms with van der Waals surface area (Å²) in [6, 6.07) is 18.2. The summed E-state index contributed by atoms with van der Waals surface area (Å²) in [5.74, 6) is 1.40. The predicted molar refractivity (Wildman–Crippen MR) is 109 cm³/mol. The molecule has 0 saturated heterocycles. The Morgan fingerprint density at radius 3 is 2.41 bits per heavy atom. The Kier molecular flexibility index (Phi) is 5.12. The molecule has 0 saturated carbocycles. The van der Waals surface area contributed by atoms with Gasteiger partial charge in [-0.25, -0.2) is 4.79 Å². The van der Waals surface area contributed by atoms with Crippen molar-refractivity contribution in [2.75, 3.05) is 13.2 Å². The fraction of sp³-hybridized carbons (Fsp3) is 0.208. The molecule has 1 atom stereocenters. The molecule has 0 amide bonds. The average molecular weight is 390 g/mol. The Balaban J connectivity index is 1.91. The van der Waals surface area contributed by atoms with Crippen molar-refractivity contribution in [1.29, 1.82) is 0 Å². The van der Waals surface area contributed by atoms with Crippen LogP contribution in [0.25, 0.3) is 0 Å². The molecule has 1 unspecified atom stereocenters. The Labute approximate surface area is 169 Å². The minimum Gasteiger partial charge on any atom is -0.508 e. The minimum atomic E-state index is -0.359. The van der Waals surface area contributed by atoms with Crippen molar-refractivity contribution in [2.45, 2.75) is 19.8 Å². The van der Waals surface area contributed by atoms with E-state index in [1.165, 1.54) is 0 Å². The molecule has 4 rings (SSSR count). The third kappa shape index (κ3) is 3.51. The van der Waals surface area contributed by atoms with Gasteiger partial charge < -0.3 is 19.3 Å². The van der Waals surface area contributed by atoms with E-state index in [2.05, 4.69) is 0 Å². The van der Waals surface area contributed by atoms with Gasteiger partial charge in [-0.15, -0.1) is 0 Å². The highest BCUT2D eigenvalue weighted by molar-refractivity contribution is 5.92. The van der Waals surface area contributed by atoms with E-state index in [1.54, 1.807) is 25.1 Å². The average Bonchev–Trinajstić information content (AvgIpc) is 2.72. The first-order valence-corrected chi connectivity index (χ1v) is 9.66. The van der Waals surface area contributed by atoms with Crippen LogP contribution in [0.15, 0.2) is 60.7 Å². The molecular formula is C24H22O5. The molecule has 1 aliphatic heterocycles. The molecule has 0 aromatic heterocycles. The van der Waals surface area contributed by atoms with Crippen LogP contribution in [0.5, 0.6) is 23.0 Å². The number of carbonyl (C=O) groups is 1. The Morgan fingerprint density at radius 2 is 1.66 bits per heavy atom. The summed E-state index contributed by atoms with van der Waals surface area (Å²) < 4.78 is 17.0. The highest BCUT2D eigenvalue weighted by Crippen LogP contribution is 2.49. The van der Waals surface area contributed by atoms with Gasteiger partial charge in [0.2, 0.25) is 0 Å². The molecular weight excluding hydrogens is 368 g/mol. The zero-order valence-electron chi connectivity index (χ0n) is 16.3. The van der Waals surface area contributed by atoms with E-state index in [0.29, 0.717) is 36.0 Å². The fourth-order valence-electron chi connectivity index (χ4n) is 3.71. The Morgan fingerprint density at radius 1 is 0.931 bits per heavy atom. The monoisotopic (exact) mass is 390 g/mol. The van der Waals surface area contributed by atoms with Gasteiger partial charge in [-0.2, -0.15) is 0 Å². The van der Waals surface area contributed by atoms with Crippen LogP contribution in [0.3, 0.4) is 0 Å². The number of hydrogen-bond acceptors (Lipinski definition) is 5. The molecule has 3 aromatic carbocycles. The molecule has 148 valence electrons. The fourth-order valence-corrected chi connectivity index (χ4v) is 3.71. The summed E-state index contributed by atoms with van der Waals surface area (Å²) in [6.07, 6.45) is 0. The van der Waals surface area contributed by atoms with Crippen molar-refractivity contribution in [3.63, 3.8) is 0 Å². The van der Waals surface area contributed by atoms with E-state index < -0.39 is 0 Å². The van der Waals surface area contributed by atoms with Gasteiger partial charge in [0.1, 0.15) is 23.0 Å². The zero-order chi connectivity index (χ0) is 20.4. The van der Waals surface area contributed by atoms with E-state index in [-0.39, 0.29) is 17.6 Å². The lowest BCUT2D eigenvalue weighted by molar-refractivity contribution is 0.0525. The molecule has 0 fully saturated rings. The molecule has 29 heavy (non-hydrogen) atoms. The van der Waals surface area contributed by atoms with E-state index in [4.69, 9.17) is 14.2 Å². The summed E-state index contributed by atoms with van der Waals surface area (Å²) in [4.78, 5) is 12.6. The first-order chi connectivity index (χ1) is 14.1. The Bertz CT molecular complexity index is 1060. The van der Waals surface area contributed by atoms with Crippen LogP contribution >= 0.6 is 0 Å². The number of fused-ring (bicyclic) bond motifs is 2. The van der Waals surface area contributed by atoms with Gasteiger partial charge in [-0.05, 0) is 37.6 Å². The van der Waals surface area contributed by atoms with Crippen LogP contribution in [0.1, 0.15) is 46.8 Å². The van der Waals surface area contributed by atoms with Crippen LogP contribution < -0.4 is 9.47 Å². The third-order valence-corrected chi connectivity index (χ3v) is 4.90. The lowest BCUT2D eigenvalue weighted by atomic mass is 9.80. The van der Waals surface area contributed by atoms with Gasteiger partial charge in [0, 0.05) is 29.2 Å². The highest BCUT2D eigenvalue weighted by atomic mass is 16.5. The quantitative estimate of drug-likeness (QED) is 0.471. The number of aromatic hydroxyl groups is 1. The maximum absolute atomic E-state index is 12.6. The van der Waals surface area contributed by atoms with Gasteiger partial charge >= 0.3 is 5.97 Å². The first-order valence-electron chi connectivity index (χ1n) is 9.66. The summed E-state index contributed by atoms with van der Waals surface area (Å²) in [5, 5.41) is 9.97. The highest BCUT2D eigenvalue weighted by Gasteiger charge is 2.32. The molecule has 1 aliphatic rings. The lowest BCUT2D eigenvalue weighted by Gasteiger charge is -2.30. The number of benzene rings is 3. The Hall–Kier alpha value is -3.47. The second kappa shape index (κ2) is 7.87. The predicted octanol–water partition coefficient (Wildman–Crippen LogP) is 5.25. The second-order valence-corrected chi connectivity index (χ2v) is 6.70. The normalized spacial score (nSPS) is 14.3. The van der Waals surface area contributed by atoms with Gasteiger partial charge in [-0.3, -0.25) is 0 Å². The number of ether oxygens (including phenoxy) is 3. The molecule has 0 radical (unpaired) electrons. The lowest BCUT2D eigenvalue weighted by Crippen LogP contribution is -2.16. The number of phenols is 1. The number of carbonyl (C=O) groups excluding carboxylic acids is 1. The van der Waals surface area contributed by atoms with Crippen molar-refractivity contribution in [1.82, 2.24) is 0 Å². The molecule has 1 N–H and O–H groups in total. The van der Waals surface area contributed by atoms with Crippen molar-refractivity contribution < 1.29 is 24.1 Å². The van der Waals surface area contributed by atoms with E-state index in [0.717, 1.165) is 16.7 Å². The van der Waals surface area contributed by atoms with Crippen LogP contribution in [0.2, 0.25) is 0 Å². The van der Waals surface area contributed by atoms with E-state index in [9.17, 15) is 9.90 Å². The van der Waals surface area contributed by atoms with Gasteiger partial charge in [-0.1, -0.05) is 30.3 Å². The SMILES string of the molecule is CCOC(=O)c1ccccc1C1c2ccc(O)cc2Oc2cc(OCC)ccc21. The molecule has 1 heterocycles. The topological polar surface area (TPSA) is 65.0 Å². The van der Waals surface area contributed by atoms with Gasteiger partial charge in [0.25, 0.3) is 0 Å². The second-order valence-electron chi connectivity index (χ2n) is 6.70. The minimum absolute atomic E-state index is 0.116. The van der Waals surface area contributed by atoms with E-state index in [1.807, 2.05) is 49.4 Å². The molecule has 5 heteroatoms. The number of esters is 1. The first kappa shape index (κ1) is 18.9. The molecule has 0 bridgehead atoms. The van der Waals surface area contributed by atoms with E-state index >= 15 is 0 Å². The summed E-state index contributed by atoms with van der Waals surface area (Å²) >= 11 is 0. The van der Waals surface area contributed by atoms with Crippen LogP contribution in [-0.2, 0) is 4.74 Å². The number of rotatable bonds is 5. The summed E-state index contributed by atoms with van der Waals surface area (Å²) in [6.45, 7) is 4.56. The standard InChI is InChI=1S/C24H22O5/c1-3-27-16-10-12-20-22(14-16)29-21-13-15(25)9-11-19(21)23(20)17-7-5-6-8-18(17)24(26)28-4-2/h5-14,23,25H,3-4H2,1-2H3. The third-order valence-electron chi connectivity index (χ3n) is 4.90. The summed E-state index contributed by atoms with van der Waals surface area (Å²) in [5.41, 5.74) is 3.13. The van der Waals surface area contributed by atoms with Crippen LogP contribution in [0.4, 0.5) is 0 Å². The number of hydrogen-bond donors (Lipinski definition) is 1. The van der Waals surface area contributed by atoms with Crippen LogP contribution in [-0.4, -0.2) is 24.3 Å². The molecule has 0 spiro atoms. The molecule has 3 aromatic rings. The maximum atomic E-state index is 12.6. The smallest absolute Gasteiger partial charge is 0.338 e. The zero-order valence-corrected chi connectivity index (χ0v) is 16.3.